The van der Waals surface area contributed by atoms with E-state index in [4.69, 9.17) is 27.9 Å². The third kappa shape index (κ3) is 4.48. The largest absolute Gasteiger partial charge is 0.485 e. The van der Waals surface area contributed by atoms with Crippen molar-refractivity contribution in [2.45, 2.75) is 24.4 Å². The molecule has 0 atom stereocenters. The standard InChI is InChI=1S/C18H17Cl2N3OS/c1-12-5-3-4-6-16(12)24-10-17-21-22-18(23(17)2)25-11-13-7-8-14(19)15(20)9-13/h3-9H,10-11H2,1-2H3. The number of hydrogen-bond donors (Lipinski definition) is 0. The van der Waals surface area contributed by atoms with Crippen molar-refractivity contribution in [3.63, 3.8) is 0 Å². The maximum absolute atomic E-state index is 6.05. The third-order valence-corrected chi connectivity index (χ3v) is 5.56. The Bertz CT molecular complexity index is 883. The Morgan fingerprint density at radius 3 is 2.64 bits per heavy atom. The lowest BCUT2D eigenvalue weighted by Gasteiger charge is -2.08. The van der Waals surface area contributed by atoms with E-state index in [0.717, 1.165) is 33.6 Å². The predicted octanol–water partition coefficient (Wildman–Crippen LogP) is 5.30. The highest BCUT2D eigenvalue weighted by Crippen LogP contribution is 2.27. The van der Waals surface area contributed by atoms with E-state index in [0.29, 0.717) is 16.7 Å². The zero-order valence-electron chi connectivity index (χ0n) is 13.9. The van der Waals surface area contributed by atoms with Crippen LogP contribution in [-0.2, 0) is 19.4 Å². The molecule has 25 heavy (non-hydrogen) atoms. The van der Waals surface area contributed by atoms with E-state index in [9.17, 15) is 0 Å². The van der Waals surface area contributed by atoms with Crippen LogP contribution in [0.1, 0.15) is 17.0 Å². The molecule has 0 saturated carbocycles. The van der Waals surface area contributed by atoms with E-state index in [-0.39, 0.29) is 0 Å². The van der Waals surface area contributed by atoms with E-state index in [1.807, 2.05) is 54.9 Å². The average Bonchev–Trinajstić information content (AvgIpc) is 2.95. The monoisotopic (exact) mass is 393 g/mol. The van der Waals surface area contributed by atoms with Crippen molar-refractivity contribution in [2.75, 3.05) is 0 Å². The second-order valence-corrected chi connectivity index (χ2v) is 7.31. The highest BCUT2D eigenvalue weighted by Gasteiger charge is 2.11. The fourth-order valence-electron chi connectivity index (χ4n) is 2.23. The zero-order chi connectivity index (χ0) is 17.8. The highest BCUT2D eigenvalue weighted by molar-refractivity contribution is 7.98. The van der Waals surface area contributed by atoms with Crippen LogP contribution in [0.15, 0.2) is 47.6 Å². The summed E-state index contributed by atoms with van der Waals surface area (Å²) in [6.07, 6.45) is 0. The molecule has 7 heteroatoms. The maximum Gasteiger partial charge on any atom is 0.191 e. The molecule has 2 aromatic carbocycles. The first kappa shape index (κ1) is 18.1. The molecule has 130 valence electrons. The van der Waals surface area contributed by atoms with Gasteiger partial charge >= 0.3 is 0 Å². The average molecular weight is 394 g/mol. The van der Waals surface area contributed by atoms with Crippen LogP contribution in [0.2, 0.25) is 10.0 Å². The SMILES string of the molecule is Cc1ccccc1OCc1nnc(SCc2ccc(Cl)c(Cl)c2)n1C. The number of aryl methyl sites for hydroxylation is 1. The van der Waals surface area contributed by atoms with Crippen LogP contribution in [0.4, 0.5) is 0 Å². The molecule has 0 saturated heterocycles. The molecule has 4 nitrogen and oxygen atoms in total. The molecule has 1 heterocycles. The van der Waals surface area contributed by atoms with Crippen molar-refractivity contribution in [3.8, 4) is 5.75 Å². The van der Waals surface area contributed by atoms with Gasteiger partial charge in [0.05, 0.1) is 10.0 Å². The lowest BCUT2D eigenvalue weighted by atomic mass is 10.2. The molecule has 0 aliphatic rings. The van der Waals surface area contributed by atoms with Crippen LogP contribution in [0, 0.1) is 6.92 Å². The molecule has 0 aliphatic heterocycles. The topological polar surface area (TPSA) is 39.9 Å². The van der Waals surface area contributed by atoms with Crippen LogP contribution >= 0.6 is 35.0 Å². The Hall–Kier alpha value is -1.69. The summed E-state index contributed by atoms with van der Waals surface area (Å²) in [4.78, 5) is 0. The minimum Gasteiger partial charge on any atom is -0.485 e. The molecule has 0 amide bonds. The first-order valence-corrected chi connectivity index (χ1v) is 9.42. The molecule has 3 rings (SSSR count). The van der Waals surface area contributed by atoms with Gasteiger partial charge < -0.3 is 9.30 Å². The molecule has 0 fully saturated rings. The van der Waals surface area contributed by atoms with Crippen LogP contribution in [-0.4, -0.2) is 14.8 Å². The summed E-state index contributed by atoms with van der Waals surface area (Å²) in [6.45, 7) is 2.40. The van der Waals surface area contributed by atoms with Gasteiger partial charge in [0.25, 0.3) is 0 Å². The number of para-hydroxylation sites is 1. The number of rotatable bonds is 6. The fourth-order valence-corrected chi connectivity index (χ4v) is 3.43. The molecule has 0 bridgehead atoms. The lowest BCUT2D eigenvalue weighted by Crippen LogP contribution is -2.04. The van der Waals surface area contributed by atoms with E-state index in [1.54, 1.807) is 17.8 Å². The molecule has 0 unspecified atom stereocenters. The molecule has 0 spiro atoms. The number of thioether (sulfide) groups is 1. The molecule has 0 N–H and O–H groups in total. The third-order valence-electron chi connectivity index (χ3n) is 3.73. The normalized spacial score (nSPS) is 10.9. The first-order chi connectivity index (χ1) is 12.0. The van der Waals surface area contributed by atoms with E-state index in [2.05, 4.69) is 10.2 Å². The fraction of sp³-hybridized carbons (Fsp3) is 0.222. The van der Waals surface area contributed by atoms with Crippen molar-refractivity contribution >= 4 is 35.0 Å². The van der Waals surface area contributed by atoms with Gasteiger partial charge in [-0.05, 0) is 36.2 Å². The van der Waals surface area contributed by atoms with E-state index < -0.39 is 0 Å². The smallest absolute Gasteiger partial charge is 0.191 e. The van der Waals surface area contributed by atoms with E-state index in [1.165, 1.54) is 0 Å². The lowest BCUT2D eigenvalue weighted by molar-refractivity contribution is 0.288. The minimum absolute atomic E-state index is 0.377. The Labute approximate surface area is 161 Å². The Morgan fingerprint density at radius 1 is 1.08 bits per heavy atom. The number of aromatic nitrogens is 3. The van der Waals surface area contributed by atoms with Gasteiger partial charge in [0, 0.05) is 12.8 Å². The molecular weight excluding hydrogens is 377 g/mol. The summed E-state index contributed by atoms with van der Waals surface area (Å²) >= 11 is 13.6. The summed E-state index contributed by atoms with van der Waals surface area (Å²) in [5.41, 5.74) is 2.18. The van der Waals surface area contributed by atoms with Crippen molar-refractivity contribution in [2.24, 2.45) is 7.05 Å². The van der Waals surface area contributed by atoms with Crippen molar-refractivity contribution in [3.05, 3.63) is 69.5 Å². The summed E-state index contributed by atoms with van der Waals surface area (Å²) in [5.74, 6) is 2.37. The molecular formula is C18H17Cl2N3OS. The number of hydrogen-bond acceptors (Lipinski definition) is 4. The van der Waals surface area contributed by atoms with Gasteiger partial charge in [-0.25, -0.2) is 0 Å². The van der Waals surface area contributed by atoms with Crippen LogP contribution in [0.25, 0.3) is 0 Å². The summed E-state index contributed by atoms with van der Waals surface area (Å²) in [7, 11) is 1.94. The first-order valence-electron chi connectivity index (χ1n) is 7.68. The summed E-state index contributed by atoms with van der Waals surface area (Å²) in [5, 5.41) is 10.4. The minimum atomic E-state index is 0.377. The molecule has 3 aromatic rings. The Morgan fingerprint density at radius 2 is 1.88 bits per heavy atom. The van der Waals surface area contributed by atoms with Gasteiger partial charge in [0.2, 0.25) is 0 Å². The van der Waals surface area contributed by atoms with Crippen molar-refractivity contribution in [1.82, 2.24) is 14.8 Å². The van der Waals surface area contributed by atoms with Gasteiger partial charge in [-0.2, -0.15) is 0 Å². The Balaban J connectivity index is 1.62. The summed E-state index contributed by atoms with van der Waals surface area (Å²) < 4.78 is 7.79. The highest BCUT2D eigenvalue weighted by atomic mass is 35.5. The van der Waals surface area contributed by atoms with Crippen LogP contribution < -0.4 is 4.74 Å². The molecule has 0 aliphatic carbocycles. The number of ether oxygens (including phenoxy) is 1. The zero-order valence-corrected chi connectivity index (χ0v) is 16.2. The van der Waals surface area contributed by atoms with Crippen LogP contribution in [0.5, 0.6) is 5.75 Å². The number of halogens is 2. The number of nitrogens with zero attached hydrogens (tertiary/aromatic N) is 3. The second kappa shape index (κ2) is 8.13. The predicted molar refractivity (Wildman–Crippen MR) is 103 cm³/mol. The Kier molecular flexibility index (Phi) is 5.89. The molecule has 1 aromatic heterocycles. The van der Waals surface area contributed by atoms with Crippen molar-refractivity contribution in [1.29, 1.82) is 0 Å². The maximum atomic E-state index is 6.05. The van der Waals surface area contributed by atoms with Gasteiger partial charge in [0.1, 0.15) is 12.4 Å². The van der Waals surface area contributed by atoms with E-state index >= 15 is 0 Å². The molecule has 0 radical (unpaired) electrons. The van der Waals surface area contributed by atoms with Gasteiger partial charge in [-0.3, -0.25) is 0 Å². The van der Waals surface area contributed by atoms with Gasteiger partial charge in [0.15, 0.2) is 11.0 Å². The number of benzene rings is 2. The summed E-state index contributed by atoms with van der Waals surface area (Å²) in [6, 6.07) is 13.5. The second-order valence-electron chi connectivity index (χ2n) is 5.55. The quantitative estimate of drug-likeness (QED) is 0.532. The van der Waals surface area contributed by atoms with Crippen LogP contribution in [0.3, 0.4) is 0 Å². The van der Waals surface area contributed by atoms with Crippen molar-refractivity contribution < 1.29 is 4.74 Å². The van der Waals surface area contributed by atoms with Gasteiger partial charge in [-0.15, -0.1) is 10.2 Å². The van der Waals surface area contributed by atoms with Gasteiger partial charge in [-0.1, -0.05) is 59.2 Å².